The second-order valence-electron chi connectivity index (χ2n) is 6.12. The highest BCUT2D eigenvalue weighted by Crippen LogP contribution is 2.28. The summed E-state index contributed by atoms with van der Waals surface area (Å²) < 4.78 is 5.67. The van der Waals surface area contributed by atoms with Crippen LogP contribution in [0.5, 0.6) is 5.75 Å². The van der Waals surface area contributed by atoms with Gasteiger partial charge in [0, 0.05) is 17.5 Å². The van der Waals surface area contributed by atoms with Crippen molar-refractivity contribution in [3.8, 4) is 5.75 Å². The molecule has 0 heterocycles. The maximum atomic E-state index is 11.8. The highest BCUT2D eigenvalue weighted by atomic mass is 32.2. The normalized spacial score (nSPS) is 15.0. The number of ether oxygens (including phenoxy) is 1. The monoisotopic (exact) mass is 321 g/mol. The van der Waals surface area contributed by atoms with E-state index in [1.165, 1.54) is 31.2 Å². The number of aryl methyl sites for hydroxylation is 2. The topological polar surface area (TPSA) is 38.3 Å². The first-order valence-electron chi connectivity index (χ1n) is 8.15. The molecule has 2 rings (SSSR count). The Morgan fingerprint density at radius 2 is 2.00 bits per heavy atom. The quantitative estimate of drug-likeness (QED) is 0.777. The van der Waals surface area contributed by atoms with Gasteiger partial charge < -0.3 is 10.1 Å². The minimum Gasteiger partial charge on any atom is -0.483 e. The summed E-state index contributed by atoms with van der Waals surface area (Å²) in [5, 5.41) is 3.75. The van der Waals surface area contributed by atoms with E-state index < -0.39 is 0 Å². The number of hydrogen-bond acceptors (Lipinski definition) is 3. The van der Waals surface area contributed by atoms with Crippen molar-refractivity contribution in [2.45, 2.75) is 51.7 Å². The van der Waals surface area contributed by atoms with E-state index in [4.69, 9.17) is 4.74 Å². The van der Waals surface area contributed by atoms with Gasteiger partial charge in [0.05, 0.1) is 0 Å². The van der Waals surface area contributed by atoms with Crippen LogP contribution >= 0.6 is 11.8 Å². The number of benzene rings is 1. The van der Waals surface area contributed by atoms with Crippen LogP contribution in [-0.2, 0) is 4.79 Å². The molecule has 1 saturated carbocycles. The predicted molar refractivity (Wildman–Crippen MR) is 93.9 cm³/mol. The molecular weight excluding hydrogens is 294 g/mol. The molecule has 122 valence electrons. The smallest absolute Gasteiger partial charge is 0.257 e. The van der Waals surface area contributed by atoms with Gasteiger partial charge in [-0.25, -0.2) is 0 Å². The molecule has 3 nitrogen and oxygen atoms in total. The van der Waals surface area contributed by atoms with Gasteiger partial charge in [0.2, 0.25) is 0 Å². The van der Waals surface area contributed by atoms with Crippen molar-refractivity contribution in [2.24, 2.45) is 0 Å². The summed E-state index contributed by atoms with van der Waals surface area (Å²) in [5.74, 6) is 1.78. The Labute approximate surface area is 138 Å². The number of carbonyl (C=O) groups excluding carboxylic acids is 1. The van der Waals surface area contributed by atoms with Gasteiger partial charge in [-0.1, -0.05) is 18.9 Å². The third kappa shape index (κ3) is 5.24. The minimum atomic E-state index is -0.0365. The molecular formula is C18H27NO2S. The van der Waals surface area contributed by atoms with Crippen molar-refractivity contribution in [1.82, 2.24) is 5.32 Å². The molecule has 0 radical (unpaired) electrons. The minimum absolute atomic E-state index is 0.0365. The average molecular weight is 321 g/mol. The first-order chi connectivity index (χ1) is 10.6. The summed E-state index contributed by atoms with van der Waals surface area (Å²) >= 11 is 1.99. The van der Waals surface area contributed by atoms with Crippen LogP contribution in [0.15, 0.2) is 12.1 Å². The lowest BCUT2D eigenvalue weighted by atomic mass is 10.1. The number of rotatable bonds is 7. The van der Waals surface area contributed by atoms with Crippen LogP contribution in [-0.4, -0.2) is 30.1 Å². The molecule has 0 saturated heterocycles. The lowest BCUT2D eigenvalue weighted by Gasteiger charge is -2.13. The summed E-state index contributed by atoms with van der Waals surface area (Å²) in [5.41, 5.74) is 3.46. The van der Waals surface area contributed by atoms with Gasteiger partial charge in [0.1, 0.15) is 5.75 Å². The van der Waals surface area contributed by atoms with Crippen molar-refractivity contribution < 1.29 is 9.53 Å². The zero-order chi connectivity index (χ0) is 15.9. The molecule has 0 bridgehead atoms. The largest absolute Gasteiger partial charge is 0.483 e. The van der Waals surface area contributed by atoms with E-state index >= 15 is 0 Å². The predicted octanol–water partition coefficient (Wildman–Crippen LogP) is 3.78. The number of nitrogens with one attached hydrogen (secondary N) is 1. The third-order valence-electron chi connectivity index (χ3n) is 4.20. The third-order valence-corrected chi connectivity index (χ3v) is 5.59. The Bertz CT molecular complexity index is 510. The Balaban J connectivity index is 1.67. The van der Waals surface area contributed by atoms with E-state index in [9.17, 15) is 4.79 Å². The molecule has 22 heavy (non-hydrogen) atoms. The average Bonchev–Trinajstić information content (AvgIpc) is 2.99. The fourth-order valence-corrected chi connectivity index (χ4v) is 4.04. The van der Waals surface area contributed by atoms with Crippen molar-refractivity contribution in [3.05, 3.63) is 28.8 Å². The molecule has 4 heteroatoms. The van der Waals surface area contributed by atoms with E-state index in [0.29, 0.717) is 0 Å². The summed E-state index contributed by atoms with van der Waals surface area (Å²) in [6.07, 6.45) is 5.42. The van der Waals surface area contributed by atoms with E-state index in [2.05, 4.69) is 18.3 Å². The van der Waals surface area contributed by atoms with E-state index in [1.807, 2.05) is 31.7 Å². The van der Waals surface area contributed by atoms with Crippen molar-refractivity contribution in [1.29, 1.82) is 0 Å². The highest BCUT2D eigenvalue weighted by molar-refractivity contribution is 7.99. The molecule has 1 aromatic rings. The van der Waals surface area contributed by atoms with Crippen molar-refractivity contribution in [2.75, 3.05) is 18.9 Å². The zero-order valence-corrected chi connectivity index (χ0v) is 14.7. The van der Waals surface area contributed by atoms with Crippen molar-refractivity contribution >= 4 is 17.7 Å². The molecule has 0 atom stereocenters. The number of hydrogen-bond donors (Lipinski definition) is 1. The van der Waals surface area contributed by atoms with Gasteiger partial charge in [-0.15, -0.1) is 0 Å². The number of carbonyl (C=O) groups is 1. The lowest BCUT2D eigenvalue weighted by Crippen LogP contribution is -2.31. The van der Waals surface area contributed by atoms with Crippen molar-refractivity contribution in [3.63, 3.8) is 0 Å². The molecule has 0 unspecified atom stereocenters. The van der Waals surface area contributed by atoms with E-state index in [-0.39, 0.29) is 12.5 Å². The fourth-order valence-electron chi connectivity index (χ4n) is 2.82. The second-order valence-corrected chi connectivity index (χ2v) is 7.53. The Kier molecular flexibility index (Phi) is 6.62. The fraction of sp³-hybridized carbons (Fsp3) is 0.611. The maximum Gasteiger partial charge on any atom is 0.257 e. The van der Waals surface area contributed by atoms with Gasteiger partial charge >= 0.3 is 0 Å². The standard InChI is InChI=1S/C18H27NO2S/c1-13-10-14(2)15(3)17(11-13)21-12-18(20)19-8-9-22-16-6-4-5-7-16/h10-11,16H,4-9,12H2,1-3H3,(H,19,20). The van der Waals surface area contributed by atoms with Gasteiger partial charge in [0.15, 0.2) is 6.61 Å². The summed E-state index contributed by atoms with van der Waals surface area (Å²) in [6, 6.07) is 4.12. The van der Waals surface area contributed by atoms with Crippen LogP contribution in [0, 0.1) is 20.8 Å². The Hall–Kier alpha value is -1.16. The number of thioether (sulfide) groups is 1. The molecule has 0 aliphatic heterocycles. The SMILES string of the molecule is Cc1cc(C)c(C)c(OCC(=O)NCCSC2CCCC2)c1. The van der Waals surface area contributed by atoms with Gasteiger partial charge in [0.25, 0.3) is 5.91 Å². The lowest BCUT2D eigenvalue weighted by molar-refractivity contribution is -0.122. The van der Waals surface area contributed by atoms with Crippen LogP contribution in [0.2, 0.25) is 0 Å². The molecule has 1 N–H and O–H groups in total. The first-order valence-corrected chi connectivity index (χ1v) is 9.20. The second kappa shape index (κ2) is 8.47. The van der Waals surface area contributed by atoms with Crippen LogP contribution in [0.4, 0.5) is 0 Å². The highest BCUT2D eigenvalue weighted by Gasteiger charge is 2.14. The molecule has 0 spiro atoms. The zero-order valence-electron chi connectivity index (χ0n) is 13.9. The Morgan fingerprint density at radius 3 is 2.73 bits per heavy atom. The first kappa shape index (κ1) is 17.2. The van der Waals surface area contributed by atoms with Crippen LogP contribution in [0.25, 0.3) is 0 Å². The van der Waals surface area contributed by atoms with Crippen LogP contribution in [0.1, 0.15) is 42.4 Å². The molecule has 0 aromatic heterocycles. The summed E-state index contributed by atoms with van der Waals surface area (Å²) in [6.45, 7) is 6.96. The summed E-state index contributed by atoms with van der Waals surface area (Å²) in [4.78, 5) is 11.8. The maximum absolute atomic E-state index is 11.8. The molecule has 1 aromatic carbocycles. The Morgan fingerprint density at radius 1 is 1.27 bits per heavy atom. The van der Waals surface area contributed by atoms with Gasteiger partial charge in [-0.3, -0.25) is 4.79 Å². The molecule has 1 amide bonds. The van der Waals surface area contributed by atoms with Gasteiger partial charge in [-0.2, -0.15) is 11.8 Å². The summed E-state index contributed by atoms with van der Waals surface area (Å²) in [7, 11) is 0. The van der Waals surface area contributed by atoms with Crippen LogP contribution < -0.4 is 10.1 Å². The van der Waals surface area contributed by atoms with E-state index in [1.54, 1.807) is 0 Å². The number of amides is 1. The molecule has 1 fully saturated rings. The van der Waals surface area contributed by atoms with Gasteiger partial charge in [-0.05, 0) is 56.4 Å². The molecule has 1 aliphatic carbocycles. The van der Waals surface area contributed by atoms with E-state index in [0.717, 1.165) is 34.4 Å². The van der Waals surface area contributed by atoms with Crippen LogP contribution in [0.3, 0.4) is 0 Å². The molecule has 1 aliphatic rings.